The average Bonchev–Trinajstić information content (AvgIpc) is 2.23. The maximum atomic E-state index is 11.9. The summed E-state index contributed by atoms with van der Waals surface area (Å²) < 4.78 is 1.26. The topological polar surface area (TPSA) is 69.3 Å². The first-order valence-electron chi connectivity index (χ1n) is 5.45. The van der Waals surface area contributed by atoms with Crippen molar-refractivity contribution in [3.8, 4) is 11.9 Å². The molecule has 0 aliphatic carbocycles. The van der Waals surface area contributed by atoms with E-state index in [-0.39, 0.29) is 23.2 Å². The quantitative estimate of drug-likeness (QED) is 0.854. The fourth-order valence-electron chi connectivity index (χ4n) is 1.93. The van der Waals surface area contributed by atoms with Gasteiger partial charge in [-0.1, -0.05) is 6.92 Å². The van der Waals surface area contributed by atoms with Gasteiger partial charge in [0.2, 0.25) is 5.88 Å². The van der Waals surface area contributed by atoms with Gasteiger partial charge >= 0.3 is 0 Å². The van der Waals surface area contributed by atoms with E-state index in [4.69, 9.17) is 5.26 Å². The molecule has 5 heteroatoms. The Morgan fingerprint density at radius 3 is 2.59 bits per heavy atom. The Kier molecular flexibility index (Phi) is 3.92. The number of aryl methyl sites for hydroxylation is 1. The molecule has 0 fully saturated rings. The Labute approximate surface area is 101 Å². The third-order valence-corrected chi connectivity index (χ3v) is 2.79. The molecule has 92 valence electrons. The first-order valence-corrected chi connectivity index (χ1v) is 5.45. The van der Waals surface area contributed by atoms with Crippen molar-refractivity contribution in [2.24, 2.45) is 0 Å². The van der Waals surface area contributed by atoms with Crippen LogP contribution in [0.3, 0.4) is 0 Å². The molecular weight excluding hydrogens is 218 g/mol. The molecular formula is C12H17N3O2. The Balaban J connectivity index is 3.55. The van der Waals surface area contributed by atoms with Gasteiger partial charge in [-0.15, -0.1) is 0 Å². The second-order valence-corrected chi connectivity index (χ2v) is 4.20. The van der Waals surface area contributed by atoms with Crippen LogP contribution in [0.5, 0.6) is 5.88 Å². The summed E-state index contributed by atoms with van der Waals surface area (Å²) in [5.74, 6) is -0.252. The molecule has 0 bridgehead atoms. The molecule has 17 heavy (non-hydrogen) atoms. The summed E-state index contributed by atoms with van der Waals surface area (Å²) in [6.07, 6.45) is 0.407. The molecule has 1 atom stereocenters. The fraction of sp³-hybridized carbons (Fsp3) is 0.500. The van der Waals surface area contributed by atoms with Gasteiger partial charge < -0.3 is 5.11 Å². The first-order chi connectivity index (χ1) is 7.93. The van der Waals surface area contributed by atoms with Gasteiger partial charge in [0.05, 0.1) is 6.17 Å². The van der Waals surface area contributed by atoms with Crippen LogP contribution in [0.2, 0.25) is 0 Å². The third kappa shape index (κ3) is 2.32. The second kappa shape index (κ2) is 5.02. The molecule has 0 aliphatic heterocycles. The highest BCUT2D eigenvalue weighted by atomic mass is 16.3. The maximum absolute atomic E-state index is 11.9. The average molecular weight is 235 g/mol. The van der Waals surface area contributed by atoms with E-state index in [0.29, 0.717) is 12.0 Å². The van der Waals surface area contributed by atoms with Crippen molar-refractivity contribution in [1.29, 1.82) is 5.26 Å². The van der Waals surface area contributed by atoms with Crippen LogP contribution in [-0.4, -0.2) is 28.7 Å². The molecule has 0 saturated carbocycles. The minimum Gasteiger partial charge on any atom is -0.493 e. The zero-order valence-corrected chi connectivity index (χ0v) is 10.6. The molecule has 0 saturated heterocycles. The van der Waals surface area contributed by atoms with Crippen LogP contribution in [0.1, 0.15) is 30.6 Å². The van der Waals surface area contributed by atoms with E-state index in [1.54, 1.807) is 6.92 Å². The summed E-state index contributed by atoms with van der Waals surface area (Å²) in [5.41, 5.74) is 0.365. The highest BCUT2D eigenvalue weighted by Gasteiger charge is 2.20. The number of hydrogen-bond donors (Lipinski definition) is 1. The number of aromatic hydroxyl groups is 1. The summed E-state index contributed by atoms with van der Waals surface area (Å²) in [6, 6.07) is 3.30. The van der Waals surface area contributed by atoms with E-state index in [0.717, 1.165) is 0 Å². The van der Waals surface area contributed by atoms with Crippen LogP contribution >= 0.6 is 0 Å². The smallest absolute Gasteiger partial charge is 0.254 e. The predicted molar refractivity (Wildman–Crippen MR) is 64.8 cm³/mol. The summed E-state index contributed by atoms with van der Waals surface area (Å²) in [4.78, 5) is 13.7. The van der Waals surface area contributed by atoms with E-state index in [2.05, 4.69) is 0 Å². The highest BCUT2D eigenvalue weighted by molar-refractivity contribution is 5.43. The maximum Gasteiger partial charge on any atom is 0.254 e. The molecule has 1 aromatic rings. The Morgan fingerprint density at radius 1 is 1.59 bits per heavy atom. The zero-order chi connectivity index (χ0) is 13.2. The molecule has 0 radical (unpaired) electrons. The fourth-order valence-corrected chi connectivity index (χ4v) is 1.93. The standard InChI is InChI=1S/C12H17N3O2/c1-5-10(14(3)4)15-11(16)6-8(2)9(7-13)12(15)17/h6,10,17H,5H2,1-4H3. The predicted octanol–water partition coefficient (Wildman–Crippen LogP) is 1.20. The molecule has 0 aromatic carbocycles. The number of rotatable bonds is 3. The Bertz CT molecular complexity index is 512. The van der Waals surface area contributed by atoms with Gasteiger partial charge in [0.15, 0.2) is 0 Å². The van der Waals surface area contributed by atoms with E-state index < -0.39 is 0 Å². The van der Waals surface area contributed by atoms with Crippen molar-refractivity contribution in [3.63, 3.8) is 0 Å². The van der Waals surface area contributed by atoms with Gasteiger partial charge in [-0.25, -0.2) is 0 Å². The lowest BCUT2D eigenvalue weighted by Crippen LogP contribution is -2.33. The van der Waals surface area contributed by atoms with Crippen LogP contribution in [0.25, 0.3) is 0 Å². The highest BCUT2D eigenvalue weighted by Crippen LogP contribution is 2.23. The van der Waals surface area contributed by atoms with E-state index >= 15 is 0 Å². The van der Waals surface area contributed by atoms with Crippen LogP contribution in [-0.2, 0) is 0 Å². The summed E-state index contributed by atoms with van der Waals surface area (Å²) >= 11 is 0. The summed E-state index contributed by atoms with van der Waals surface area (Å²) in [7, 11) is 3.65. The normalized spacial score (nSPS) is 12.5. The van der Waals surface area contributed by atoms with Gasteiger partial charge in [-0.2, -0.15) is 5.26 Å². The van der Waals surface area contributed by atoms with E-state index in [9.17, 15) is 9.90 Å². The summed E-state index contributed by atoms with van der Waals surface area (Å²) in [5, 5.41) is 19.0. The largest absolute Gasteiger partial charge is 0.493 e. The molecule has 1 rings (SSSR count). The van der Waals surface area contributed by atoms with Crippen LogP contribution in [0, 0.1) is 18.3 Å². The van der Waals surface area contributed by atoms with Crippen LogP contribution in [0.4, 0.5) is 0 Å². The van der Waals surface area contributed by atoms with Crippen molar-refractivity contribution in [1.82, 2.24) is 9.47 Å². The van der Waals surface area contributed by atoms with Crippen molar-refractivity contribution < 1.29 is 5.11 Å². The van der Waals surface area contributed by atoms with Crippen LogP contribution < -0.4 is 5.56 Å². The monoisotopic (exact) mass is 235 g/mol. The minimum absolute atomic E-state index is 0.157. The van der Waals surface area contributed by atoms with Gasteiger partial charge in [0, 0.05) is 6.07 Å². The number of hydrogen-bond acceptors (Lipinski definition) is 4. The second-order valence-electron chi connectivity index (χ2n) is 4.20. The zero-order valence-electron chi connectivity index (χ0n) is 10.6. The SMILES string of the molecule is CCC(N(C)C)n1c(O)c(C#N)c(C)cc1=O. The van der Waals surface area contributed by atoms with Gasteiger partial charge in [-0.3, -0.25) is 14.3 Å². The van der Waals surface area contributed by atoms with Crippen molar-refractivity contribution in [3.05, 3.63) is 27.5 Å². The Morgan fingerprint density at radius 2 is 2.18 bits per heavy atom. The molecule has 0 aliphatic rings. The number of aromatic nitrogens is 1. The van der Waals surface area contributed by atoms with Crippen LogP contribution in [0.15, 0.2) is 10.9 Å². The molecule has 1 aromatic heterocycles. The van der Waals surface area contributed by atoms with E-state index in [1.807, 2.05) is 32.0 Å². The number of nitrogens with zero attached hydrogens (tertiary/aromatic N) is 3. The van der Waals surface area contributed by atoms with Crippen molar-refractivity contribution >= 4 is 0 Å². The lowest BCUT2D eigenvalue weighted by molar-refractivity contribution is 0.188. The van der Waals surface area contributed by atoms with Gasteiger partial charge in [0.25, 0.3) is 5.56 Å². The molecule has 0 amide bonds. The Hall–Kier alpha value is -1.80. The molecule has 5 nitrogen and oxygen atoms in total. The summed E-state index contributed by atoms with van der Waals surface area (Å²) in [6.45, 7) is 3.56. The molecule has 1 N–H and O–H groups in total. The molecule has 0 spiro atoms. The van der Waals surface area contributed by atoms with Crippen molar-refractivity contribution in [2.45, 2.75) is 26.4 Å². The lowest BCUT2D eigenvalue weighted by Gasteiger charge is -2.26. The molecule has 1 unspecified atom stereocenters. The van der Waals surface area contributed by atoms with Crippen molar-refractivity contribution in [2.75, 3.05) is 14.1 Å². The third-order valence-electron chi connectivity index (χ3n) is 2.79. The molecule has 1 heterocycles. The lowest BCUT2D eigenvalue weighted by atomic mass is 10.1. The number of nitriles is 1. The first kappa shape index (κ1) is 13.3. The van der Waals surface area contributed by atoms with Gasteiger partial charge in [0.1, 0.15) is 11.6 Å². The number of pyridine rings is 1. The van der Waals surface area contributed by atoms with Gasteiger partial charge in [-0.05, 0) is 33.0 Å². The minimum atomic E-state index is -0.292. The van der Waals surface area contributed by atoms with E-state index in [1.165, 1.54) is 10.6 Å².